The third kappa shape index (κ3) is 10.6. The molecule has 11 rings (SSSR count). The average molecular weight is 1090 g/mol. The van der Waals surface area contributed by atoms with Gasteiger partial charge in [-0.3, -0.25) is 14.6 Å². The Morgan fingerprint density at radius 2 is 1.77 bits per heavy atom. The van der Waals surface area contributed by atoms with Gasteiger partial charge < -0.3 is 50.9 Å². The van der Waals surface area contributed by atoms with Crippen molar-refractivity contribution in [2.45, 2.75) is 116 Å². The molecule has 0 radical (unpaired) electrons. The first-order valence-electron chi connectivity index (χ1n) is 27.7. The molecule has 2 amide bonds. The maximum atomic E-state index is 16.0. The topological polar surface area (TPSA) is 232 Å². The van der Waals surface area contributed by atoms with E-state index in [4.69, 9.17) is 35.3 Å². The summed E-state index contributed by atoms with van der Waals surface area (Å²) in [5.41, 5.74) is 15.9. The number of anilines is 2. The number of amides is 2. The van der Waals surface area contributed by atoms with Crippen molar-refractivity contribution < 1.29 is 33.3 Å². The number of rotatable bonds is 20. The number of hydrogen-bond donors (Lipinski definition) is 5. The molecule has 80 heavy (non-hydrogen) atoms. The van der Waals surface area contributed by atoms with E-state index in [1.807, 2.05) is 88.5 Å². The van der Waals surface area contributed by atoms with Crippen molar-refractivity contribution in [2.24, 2.45) is 5.92 Å². The van der Waals surface area contributed by atoms with Gasteiger partial charge in [-0.05, 0) is 116 Å². The largest absolute Gasteiger partial charge is 0.486 e. The summed E-state index contributed by atoms with van der Waals surface area (Å²) in [5, 5.41) is 35.5. The fourth-order valence-electron chi connectivity index (χ4n) is 11.8. The van der Waals surface area contributed by atoms with Crippen LogP contribution in [-0.2, 0) is 20.9 Å². The van der Waals surface area contributed by atoms with Crippen LogP contribution in [0.1, 0.15) is 104 Å². The minimum Gasteiger partial charge on any atom is -0.486 e. The highest BCUT2D eigenvalue weighted by molar-refractivity contribution is 6.05. The van der Waals surface area contributed by atoms with Gasteiger partial charge in [0, 0.05) is 96.3 Å². The van der Waals surface area contributed by atoms with Crippen LogP contribution in [0, 0.1) is 31.0 Å². The number of ether oxygens (including phenoxy) is 3. The molecule has 4 aromatic carbocycles. The standard InChI is InChI=1S/C61H69FN12O6/c1-33(2)56(60(77)72-21-7-8-52(72)59(76)67-51(30-75)41-17-15-39(16-18-41)47-27-65-20-19-34(47)3)74-29-50(70-71-74)40-11-9-37(10-12-40)32-79-57-54(53-36(5)48(62)24-49(64)46(53)25-63)44(38-13-14-38)23-45-55(57)68-61(80-31-35(4)78-6)69-58(45)73-28-42-22-43(73)26-66-42/h9-12,15-20,23-25,27,29,33,35,38,42-43,51-52,56,63,66,75H,7-8,13-14,21-22,26,28,30-32,64H2,1-6H3,(H,67,76)/t35-,42-,43-,51-,52-,56-/m0/s1. The monoisotopic (exact) mass is 1080 g/mol. The number of nitrogens with zero attached hydrogens (tertiary/aromatic N) is 8. The molecule has 416 valence electrons. The van der Waals surface area contributed by atoms with Gasteiger partial charge in [-0.15, -0.1) is 5.10 Å². The summed E-state index contributed by atoms with van der Waals surface area (Å²) in [6.07, 6.45) is 10.3. The predicted molar refractivity (Wildman–Crippen MR) is 304 cm³/mol. The number of likely N-dealkylation sites (tertiary alicyclic amines) is 1. The summed E-state index contributed by atoms with van der Waals surface area (Å²) < 4.78 is 36.4. The van der Waals surface area contributed by atoms with Crippen LogP contribution in [0.5, 0.6) is 11.8 Å². The molecule has 3 saturated heterocycles. The first-order chi connectivity index (χ1) is 38.7. The van der Waals surface area contributed by atoms with Gasteiger partial charge in [0.1, 0.15) is 48.1 Å². The van der Waals surface area contributed by atoms with E-state index in [-0.39, 0.29) is 67.3 Å². The Morgan fingerprint density at radius 1 is 1.00 bits per heavy atom. The minimum atomic E-state index is -0.744. The smallest absolute Gasteiger partial charge is 0.319 e. The van der Waals surface area contributed by atoms with Crippen molar-refractivity contribution in [1.29, 1.82) is 5.41 Å². The Balaban J connectivity index is 0.863. The van der Waals surface area contributed by atoms with Gasteiger partial charge in [0.15, 0.2) is 5.75 Å². The maximum absolute atomic E-state index is 16.0. The van der Waals surface area contributed by atoms with Gasteiger partial charge in [-0.1, -0.05) is 67.6 Å². The lowest BCUT2D eigenvalue weighted by Crippen LogP contribution is -2.50. The number of hydrogen-bond acceptors (Lipinski definition) is 15. The highest BCUT2D eigenvalue weighted by atomic mass is 19.1. The van der Waals surface area contributed by atoms with Gasteiger partial charge in [-0.25, -0.2) is 9.07 Å². The van der Waals surface area contributed by atoms with Crippen LogP contribution in [0.2, 0.25) is 0 Å². The minimum absolute atomic E-state index is 0.0905. The lowest BCUT2D eigenvalue weighted by molar-refractivity contribution is -0.142. The fraction of sp³-hybridized carbons (Fsp3) is 0.410. The van der Waals surface area contributed by atoms with E-state index in [0.717, 1.165) is 82.5 Å². The lowest BCUT2D eigenvalue weighted by atomic mass is 9.87. The summed E-state index contributed by atoms with van der Waals surface area (Å²) in [5.74, 6) is 0.0750. The molecule has 6 atom stereocenters. The van der Waals surface area contributed by atoms with E-state index in [2.05, 4.69) is 36.9 Å². The third-order valence-electron chi connectivity index (χ3n) is 16.4. The number of nitrogens with two attached hydrogens (primary N) is 1. The summed E-state index contributed by atoms with van der Waals surface area (Å²) in [6, 6.07) is 19.4. The molecule has 1 aliphatic carbocycles. The van der Waals surface area contributed by atoms with Crippen LogP contribution < -0.4 is 30.7 Å². The molecule has 3 aliphatic heterocycles. The first kappa shape index (κ1) is 54.1. The van der Waals surface area contributed by atoms with Crippen LogP contribution >= 0.6 is 0 Å². The lowest BCUT2D eigenvalue weighted by Gasteiger charge is -2.30. The number of pyridine rings is 1. The summed E-state index contributed by atoms with van der Waals surface area (Å²) >= 11 is 0. The molecule has 6 N–H and O–H groups in total. The van der Waals surface area contributed by atoms with Crippen molar-refractivity contribution >= 4 is 40.4 Å². The number of aliphatic hydroxyl groups excluding tert-OH is 1. The summed E-state index contributed by atoms with van der Waals surface area (Å²) in [7, 11) is 1.62. The molecule has 7 aromatic rings. The second-order valence-electron chi connectivity index (χ2n) is 22.2. The second-order valence-corrected chi connectivity index (χ2v) is 22.2. The fourth-order valence-corrected chi connectivity index (χ4v) is 11.8. The Bertz CT molecular complexity index is 3460. The van der Waals surface area contributed by atoms with E-state index in [0.29, 0.717) is 64.6 Å². The highest BCUT2D eigenvalue weighted by Crippen LogP contribution is 2.53. The SMILES string of the molecule is CO[C@@H](C)COc1nc(N2C[C@@H]3C[C@H]2CN3)c2cc(C3CC3)c(-c3c(C)c(F)cc(N)c3C=N)c(OCc3ccc(-c4cn([C@H](C(=O)N5CCC[C@H]5C(=O)N[C@@H](CO)c5ccc(-c6cnccc6C)cc5)C(C)C)nn4)cc3)c2n1. The van der Waals surface area contributed by atoms with Gasteiger partial charge in [-0.2, -0.15) is 9.97 Å². The molecule has 1 saturated carbocycles. The molecule has 6 heterocycles. The number of fused-ring (bicyclic) bond motifs is 3. The predicted octanol–water partition coefficient (Wildman–Crippen LogP) is 8.41. The number of methoxy groups -OCH3 is 1. The van der Waals surface area contributed by atoms with E-state index < -0.39 is 23.9 Å². The number of benzene rings is 4. The molecule has 19 heteroatoms. The van der Waals surface area contributed by atoms with Crippen LogP contribution in [0.4, 0.5) is 15.9 Å². The van der Waals surface area contributed by atoms with Crippen molar-refractivity contribution in [3.63, 3.8) is 0 Å². The number of aryl methyl sites for hydroxylation is 1. The number of carbonyl (C=O) groups is 2. The first-order valence-corrected chi connectivity index (χ1v) is 27.7. The summed E-state index contributed by atoms with van der Waals surface area (Å²) in [6.45, 7) is 11.5. The number of halogens is 1. The third-order valence-corrected chi connectivity index (χ3v) is 16.4. The van der Waals surface area contributed by atoms with Gasteiger partial charge in [0.2, 0.25) is 11.8 Å². The Kier molecular flexibility index (Phi) is 15.4. The Hall–Kier alpha value is -7.87. The zero-order valence-electron chi connectivity index (χ0n) is 46.1. The molecule has 3 aromatic heterocycles. The molecular formula is C61H69FN12O6. The highest BCUT2D eigenvalue weighted by Gasteiger charge is 2.42. The van der Waals surface area contributed by atoms with Crippen molar-refractivity contribution in [3.8, 4) is 45.3 Å². The molecular weight excluding hydrogens is 1020 g/mol. The molecule has 4 fully saturated rings. The van der Waals surface area contributed by atoms with E-state index in [9.17, 15) is 14.7 Å². The second kappa shape index (κ2) is 22.7. The van der Waals surface area contributed by atoms with Crippen LogP contribution in [-0.4, -0.2) is 122 Å². The zero-order chi connectivity index (χ0) is 55.9. The van der Waals surface area contributed by atoms with E-state index in [1.54, 1.807) is 36.0 Å². The number of aliphatic hydroxyl groups is 1. The van der Waals surface area contributed by atoms with E-state index in [1.165, 1.54) is 12.3 Å². The normalized spacial score (nSPS) is 18.9. The Morgan fingerprint density at radius 3 is 2.45 bits per heavy atom. The number of nitrogen functional groups attached to an aromatic ring is 1. The van der Waals surface area contributed by atoms with Crippen molar-refractivity contribution in [1.82, 2.24) is 45.5 Å². The van der Waals surface area contributed by atoms with Crippen molar-refractivity contribution in [3.05, 3.63) is 125 Å². The number of aromatic nitrogens is 6. The maximum Gasteiger partial charge on any atom is 0.319 e. The van der Waals surface area contributed by atoms with E-state index >= 15 is 4.39 Å². The van der Waals surface area contributed by atoms with Crippen LogP contribution in [0.15, 0.2) is 85.3 Å². The van der Waals surface area contributed by atoms with Gasteiger partial charge in [0.05, 0.1) is 24.9 Å². The molecule has 4 aliphatic rings. The van der Waals surface area contributed by atoms with Crippen molar-refractivity contribution in [2.75, 3.05) is 50.6 Å². The molecule has 0 spiro atoms. The molecule has 18 nitrogen and oxygen atoms in total. The van der Waals surface area contributed by atoms with Crippen LogP contribution in [0.3, 0.4) is 0 Å². The van der Waals surface area contributed by atoms with Crippen LogP contribution in [0.25, 0.3) is 44.4 Å². The molecule has 0 unspecified atom stereocenters. The van der Waals surface area contributed by atoms with Gasteiger partial charge >= 0.3 is 6.01 Å². The quantitative estimate of drug-likeness (QED) is 0.0357. The number of nitrogens with one attached hydrogen (secondary N) is 3. The summed E-state index contributed by atoms with van der Waals surface area (Å²) in [4.78, 5) is 47.0. The zero-order valence-corrected chi connectivity index (χ0v) is 46.1. The number of piperazine rings is 1. The number of carbonyl (C=O) groups excluding carboxylic acids is 2. The Labute approximate surface area is 464 Å². The average Bonchev–Trinajstić information content (AvgIpc) is 4.01. The van der Waals surface area contributed by atoms with Gasteiger partial charge in [0.25, 0.3) is 0 Å². The molecule has 2 bridgehead atoms.